The molecule has 0 saturated carbocycles. The Kier molecular flexibility index (Phi) is 3.06. The van der Waals surface area contributed by atoms with Crippen molar-refractivity contribution in [1.29, 1.82) is 0 Å². The lowest BCUT2D eigenvalue weighted by atomic mass is 10.3. The van der Waals surface area contributed by atoms with Crippen molar-refractivity contribution in [2.24, 2.45) is 0 Å². The topological polar surface area (TPSA) is 69.1 Å². The molecule has 6 nitrogen and oxygen atoms in total. The second kappa shape index (κ2) is 4.73. The quantitative estimate of drug-likeness (QED) is 0.733. The minimum Gasteiger partial charge on any atom is -0.438 e. The van der Waals surface area contributed by atoms with Crippen LogP contribution in [0.5, 0.6) is 0 Å². The molecule has 0 fully saturated rings. The van der Waals surface area contributed by atoms with Crippen molar-refractivity contribution in [2.75, 3.05) is 0 Å². The maximum absolute atomic E-state index is 5.72. The summed E-state index contributed by atoms with van der Waals surface area (Å²) in [6.45, 7) is 6.07. The van der Waals surface area contributed by atoms with E-state index in [2.05, 4.69) is 27.2 Å². The van der Waals surface area contributed by atoms with E-state index in [1.165, 1.54) is 11.3 Å². The Hall–Kier alpha value is -1.76. The number of hydrogen-bond acceptors (Lipinski definition) is 6. The third kappa shape index (κ3) is 2.03. The fraction of sp³-hybridized carbons (Fsp3) is 0.500. The summed E-state index contributed by atoms with van der Waals surface area (Å²) in [4.78, 5) is 5.17. The van der Waals surface area contributed by atoms with Gasteiger partial charge in [-0.25, -0.2) is 4.98 Å². The van der Waals surface area contributed by atoms with Gasteiger partial charge in [0, 0.05) is 12.8 Å². The van der Waals surface area contributed by atoms with Gasteiger partial charge in [-0.3, -0.25) is 0 Å². The van der Waals surface area contributed by atoms with Crippen LogP contribution in [-0.2, 0) is 12.8 Å². The van der Waals surface area contributed by atoms with Crippen molar-refractivity contribution in [3.05, 3.63) is 17.4 Å². The van der Waals surface area contributed by atoms with Crippen LogP contribution >= 0.6 is 11.3 Å². The molecule has 0 aromatic carbocycles. The zero-order chi connectivity index (χ0) is 13.4. The molecular weight excluding hydrogens is 262 g/mol. The molecule has 7 heteroatoms. The molecule has 0 spiro atoms. The maximum atomic E-state index is 5.72. The van der Waals surface area contributed by atoms with Gasteiger partial charge in [0.25, 0.3) is 0 Å². The lowest BCUT2D eigenvalue weighted by Crippen LogP contribution is -1.95. The summed E-state index contributed by atoms with van der Waals surface area (Å²) in [6.07, 6.45) is 2.68. The van der Waals surface area contributed by atoms with E-state index >= 15 is 0 Å². The van der Waals surface area contributed by atoms with Crippen molar-refractivity contribution in [2.45, 2.75) is 40.0 Å². The molecule has 0 N–H and O–H groups in total. The lowest BCUT2D eigenvalue weighted by Gasteiger charge is -1.91. The molecule has 3 aromatic heterocycles. The fourth-order valence-electron chi connectivity index (χ4n) is 1.93. The third-order valence-corrected chi connectivity index (χ3v) is 3.76. The Bertz CT molecular complexity index is 711. The normalized spacial score (nSPS) is 11.5. The van der Waals surface area contributed by atoms with Crippen LogP contribution < -0.4 is 0 Å². The Morgan fingerprint density at radius 3 is 2.79 bits per heavy atom. The average molecular weight is 277 g/mol. The fourth-order valence-corrected chi connectivity index (χ4v) is 2.82. The highest BCUT2D eigenvalue weighted by Gasteiger charge is 2.18. The summed E-state index contributed by atoms with van der Waals surface area (Å²) < 4.78 is 7.53. The summed E-state index contributed by atoms with van der Waals surface area (Å²) in [7, 11) is 0. The van der Waals surface area contributed by atoms with Crippen LogP contribution in [0.1, 0.15) is 37.7 Å². The Morgan fingerprint density at radius 1 is 1.26 bits per heavy atom. The van der Waals surface area contributed by atoms with Crippen LogP contribution in [0.25, 0.3) is 15.7 Å². The predicted molar refractivity (Wildman–Crippen MR) is 72.3 cm³/mol. The lowest BCUT2D eigenvalue weighted by molar-refractivity contribution is 0.512. The molecule has 3 heterocycles. The van der Waals surface area contributed by atoms with Gasteiger partial charge >= 0.3 is 0 Å². The zero-order valence-corrected chi connectivity index (χ0v) is 12.0. The van der Waals surface area contributed by atoms with Crippen LogP contribution in [0.4, 0.5) is 0 Å². The first-order valence-corrected chi connectivity index (χ1v) is 7.22. The molecule has 0 atom stereocenters. The van der Waals surface area contributed by atoms with Crippen molar-refractivity contribution in [1.82, 2.24) is 24.8 Å². The minimum absolute atomic E-state index is 0.743. The van der Waals surface area contributed by atoms with E-state index in [1.807, 2.05) is 13.8 Å². The van der Waals surface area contributed by atoms with Crippen LogP contribution in [-0.4, -0.2) is 24.8 Å². The molecule has 19 heavy (non-hydrogen) atoms. The number of hydrogen-bond donors (Lipinski definition) is 0. The van der Waals surface area contributed by atoms with Crippen LogP contribution in [0.15, 0.2) is 4.42 Å². The third-order valence-electron chi connectivity index (χ3n) is 2.87. The highest BCUT2D eigenvalue weighted by atomic mass is 32.1. The van der Waals surface area contributed by atoms with Gasteiger partial charge in [0.2, 0.25) is 4.96 Å². The summed E-state index contributed by atoms with van der Waals surface area (Å²) in [5.74, 6) is 2.38. The summed E-state index contributed by atoms with van der Waals surface area (Å²) in [5, 5.41) is 13.6. The van der Waals surface area contributed by atoms with Crippen molar-refractivity contribution < 1.29 is 4.42 Å². The first kappa shape index (κ1) is 12.3. The number of fused-ring (bicyclic) bond motifs is 1. The molecule has 0 aliphatic carbocycles. The van der Waals surface area contributed by atoms with Gasteiger partial charge in [0.15, 0.2) is 22.5 Å². The molecule has 0 amide bonds. The second-order valence-corrected chi connectivity index (χ2v) is 5.30. The smallest absolute Gasteiger partial charge is 0.235 e. The average Bonchev–Trinajstić information content (AvgIpc) is 3.05. The van der Waals surface area contributed by atoms with Gasteiger partial charge in [0.05, 0.1) is 5.69 Å². The van der Waals surface area contributed by atoms with Crippen molar-refractivity contribution in [3.8, 4) is 10.8 Å². The summed E-state index contributed by atoms with van der Waals surface area (Å²) >= 11 is 1.48. The molecule has 0 aliphatic rings. The second-order valence-electron chi connectivity index (χ2n) is 4.34. The number of oxazole rings is 1. The summed E-state index contributed by atoms with van der Waals surface area (Å²) in [5.41, 5.74) is 0.874. The summed E-state index contributed by atoms with van der Waals surface area (Å²) in [6, 6.07) is 0. The van der Waals surface area contributed by atoms with Crippen LogP contribution in [0, 0.1) is 6.92 Å². The van der Waals surface area contributed by atoms with Gasteiger partial charge < -0.3 is 4.42 Å². The van der Waals surface area contributed by atoms with E-state index in [-0.39, 0.29) is 0 Å². The number of aromatic nitrogens is 5. The van der Waals surface area contributed by atoms with Gasteiger partial charge in [-0.1, -0.05) is 25.2 Å². The van der Waals surface area contributed by atoms with Gasteiger partial charge in [-0.05, 0) is 13.3 Å². The van der Waals surface area contributed by atoms with Crippen molar-refractivity contribution >= 4 is 16.3 Å². The molecule has 0 unspecified atom stereocenters. The SMILES string of the molecule is CCCc1nnc2sc(-c3oc(CC)nc3C)nn12. The predicted octanol–water partition coefficient (Wildman–Crippen LogP) is 2.66. The number of aryl methyl sites for hydroxylation is 3. The van der Waals surface area contributed by atoms with Gasteiger partial charge in [-0.2, -0.15) is 4.52 Å². The molecule has 100 valence electrons. The number of nitrogens with zero attached hydrogens (tertiary/aromatic N) is 5. The zero-order valence-electron chi connectivity index (χ0n) is 11.2. The van der Waals surface area contributed by atoms with Crippen molar-refractivity contribution in [3.63, 3.8) is 0 Å². The first-order valence-electron chi connectivity index (χ1n) is 6.40. The molecule has 0 saturated heterocycles. The molecule has 0 radical (unpaired) electrons. The minimum atomic E-state index is 0.743. The highest BCUT2D eigenvalue weighted by Crippen LogP contribution is 2.29. The van der Waals surface area contributed by atoms with E-state index in [4.69, 9.17) is 4.42 Å². The molecule has 0 bridgehead atoms. The van der Waals surface area contributed by atoms with E-state index < -0.39 is 0 Å². The molecule has 3 rings (SSSR count). The van der Waals surface area contributed by atoms with Gasteiger partial charge in [0.1, 0.15) is 0 Å². The largest absolute Gasteiger partial charge is 0.438 e. The first-order chi connectivity index (χ1) is 9.22. The van der Waals surface area contributed by atoms with Gasteiger partial charge in [-0.15, -0.1) is 15.3 Å². The van der Waals surface area contributed by atoms with Crippen LogP contribution in [0.3, 0.4) is 0 Å². The maximum Gasteiger partial charge on any atom is 0.235 e. The van der Waals surface area contributed by atoms with Crippen LogP contribution in [0.2, 0.25) is 0 Å². The molecular formula is C12H15N5OS. The monoisotopic (exact) mass is 277 g/mol. The van der Waals surface area contributed by atoms with E-state index in [0.29, 0.717) is 0 Å². The Balaban J connectivity index is 2.07. The highest BCUT2D eigenvalue weighted by molar-refractivity contribution is 7.19. The molecule has 3 aromatic rings. The standard InChI is InChI=1S/C12H15N5OS/c1-4-6-8-14-15-12-17(8)16-11(19-12)10-7(3)13-9(5-2)18-10/h4-6H2,1-3H3. The van der Waals surface area contributed by atoms with E-state index in [0.717, 1.165) is 52.4 Å². The van der Waals surface area contributed by atoms with E-state index in [9.17, 15) is 0 Å². The number of rotatable bonds is 4. The molecule has 0 aliphatic heterocycles. The van der Waals surface area contributed by atoms with E-state index in [1.54, 1.807) is 4.52 Å². The Labute approximate surface area is 114 Å². The Morgan fingerprint density at radius 2 is 2.11 bits per heavy atom.